The smallest absolute Gasteiger partial charge is 0.194 e. The Morgan fingerprint density at radius 3 is 1.32 bits per heavy atom. The van der Waals surface area contributed by atoms with Crippen molar-refractivity contribution in [3.63, 3.8) is 0 Å². The average Bonchev–Trinajstić information content (AvgIpc) is 4.32. The molecule has 0 aromatic rings. The van der Waals surface area contributed by atoms with Crippen LogP contribution >= 0.6 is 54.0 Å². The number of nitrogens with one attached hydrogen (secondary N) is 6. The molecule has 0 aromatic carbocycles. The van der Waals surface area contributed by atoms with Gasteiger partial charge in [0.1, 0.15) is 0 Å². The first-order valence-corrected chi connectivity index (χ1v) is 34.5. The second kappa shape index (κ2) is 38.7. The van der Waals surface area contributed by atoms with Crippen molar-refractivity contribution in [3.05, 3.63) is 0 Å². The molecule has 10 fully saturated rings. The van der Waals surface area contributed by atoms with Gasteiger partial charge in [-0.25, -0.2) is 0 Å². The largest absolute Gasteiger partial charge is 0.354 e. The number of rotatable bonds is 34. The molecule has 4 aliphatic heterocycles. The molecule has 6 aliphatic carbocycles. The van der Waals surface area contributed by atoms with Crippen LogP contribution < -0.4 is 10.6 Å². The van der Waals surface area contributed by atoms with Crippen LogP contribution in [0.4, 0.5) is 0 Å². The molecule has 10 rings (SSSR count). The van der Waals surface area contributed by atoms with E-state index in [0.717, 1.165) is 113 Å². The Bertz CT molecular complexity index is 1760. The monoisotopic (exact) mass is 1220 g/mol. The summed E-state index contributed by atoms with van der Waals surface area (Å²) in [6.07, 6.45) is 52.5. The van der Waals surface area contributed by atoms with Crippen LogP contribution in [0, 0.1) is 56.6 Å². The Kier molecular flexibility index (Phi) is 34.4. The Hall–Kier alpha value is -1.52. The lowest BCUT2D eigenvalue weighted by molar-refractivity contribution is -0.0596. The van der Waals surface area contributed by atoms with Crippen LogP contribution in [0.15, 0.2) is 0 Å². The van der Waals surface area contributed by atoms with Crippen molar-refractivity contribution in [1.29, 1.82) is 21.6 Å². The van der Waals surface area contributed by atoms with Gasteiger partial charge in [0, 0.05) is 89.6 Å². The van der Waals surface area contributed by atoms with Crippen molar-refractivity contribution in [1.82, 2.24) is 40.0 Å². The highest BCUT2D eigenvalue weighted by Crippen LogP contribution is 2.61. The minimum absolute atomic E-state index is 0. The molecule has 12 nitrogen and oxygen atoms in total. The minimum atomic E-state index is 0. The maximum absolute atomic E-state index is 9.06. The van der Waals surface area contributed by atoms with Gasteiger partial charge in [-0.1, -0.05) is 156 Å². The molecule has 0 spiro atoms. The molecule has 0 radical (unpaired) electrons. The quantitative estimate of drug-likeness (QED) is 0.0350. The molecule has 0 amide bonds. The summed E-state index contributed by atoms with van der Waals surface area (Å²) in [7, 11) is 0. The standard InChI is InChI=1S/C34H64N6.C32H58N6.4H2S/c1-2-3-4-5-14-25-40-32(26-30-20-10-7-11-21-30)28-38(34(40)36)23-15-13-22-31-27-37-33(35)39(31)24-16-12-19-29-17-8-6-9-18-29;1-3-5-6-7-9-15-38-29(11-4-2)24-36(31(38)34)14-10-8-12-28-23-35-30(33)37(28)16-13-32-20-25-17-26(21-32)19-27(18-25)22-32;;;;/h29-32,36H,2-28H2,1H3,(H2,35,37);25-29,34H,3-24H2,1-2H3,(H2,33,35);4*1H2/t31-,32-;25?,26?,27?,28-,29-,32?;;;;/m00..../s1. The van der Waals surface area contributed by atoms with E-state index < -0.39 is 0 Å². The summed E-state index contributed by atoms with van der Waals surface area (Å²) < 4.78 is 0. The molecule has 10 aliphatic rings. The molecule has 4 saturated heterocycles. The molecule has 4 heterocycles. The van der Waals surface area contributed by atoms with E-state index in [4.69, 9.17) is 21.6 Å². The fraction of sp³-hybridized carbons (Fsp3) is 0.939. The highest BCUT2D eigenvalue weighted by Gasteiger charge is 2.51. The van der Waals surface area contributed by atoms with Gasteiger partial charge < -0.3 is 40.0 Å². The maximum atomic E-state index is 9.06. The van der Waals surface area contributed by atoms with Gasteiger partial charge in [-0.15, -0.1) is 0 Å². The van der Waals surface area contributed by atoms with E-state index in [0.29, 0.717) is 41.5 Å². The molecule has 16 heteroatoms. The van der Waals surface area contributed by atoms with Crippen LogP contribution in [0.25, 0.3) is 0 Å². The van der Waals surface area contributed by atoms with Gasteiger partial charge >= 0.3 is 0 Å². The maximum Gasteiger partial charge on any atom is 0.194 e. The summed E-state index contributed by atoms with van der Waals surface area (Å²) in [5.74, 6) is 7.87. The second-order valence-electron chi connectivity index (χ2n) is 27.9. The molecule has 82 heavy (non-hydrogen) atoms. The van der Waals surface area contributed by atoms with Crippen LogP contribution in [0.3, 0.4) is 0 Å². The van der Waals surface area contributed by atoms with Crippen molar-refractivity contribution in [2.75, 3.05) is 65.4 Å². The first-order valence-electron chi connectivity index (χ1n) is 34.5. The molecule has 478 valence electrons. The van der Waals surface area contributed by atoms with Gasteiger partial charge in [-0.3, -0.25) is 21.6 Å². The Morgan fingerprint density at radius 2 is 0.817 bits per heavy atom. The number of unbranched alkanes of at least 4 members (excludes halogenated alkanes) is 11. The van der Waals surface area contributed by atoms with E-state index >= 15 is 0 Å². The van der Waals surface area contributed by atoms with Gasteiger partial charge in [0.25, 0.3) is 0 Å². The predicted octanol–water partition coefficient (Wildman–Crippen LogP) is 15.1. The Morgan fingerprint density at radius 1 is 0.402 bits per heavy atom. The van der Waals surface area contributed by atoms with Gasteiger partial charge in [0.05, 0.1) is 0 Å². The van der Waals surface area contributed by atoms with Crippen LogP contribution in [-0.2, 0) is 0 Å². The van der Waals surface area contributed by atoms with Crippen molar-refractivity contribution in [2.24, 2.45) is 35.0 Å². The zero-order valence-electron chi connectivity index (χ0n) is 53.0. The first kappa shape index (κ1) is 73.0. The van der Waals surface area contributed by atoms with E-state index in [1.54, 1.807) is 0 Å². The molecule has 6 N–H and O–H groups in total. The van der Waals surface area contributed by atoms with Gasteiger partial charge in [0.2, 0.25) is 0 Å². The van der Waals surface area contributed by atoms with Crippen LogP contribution in [-0.4, -0.2) is 143 Å². The van der Waals surface area contributed by atoms with Crippen molar-refractivity contribution in [3.8, 4) is 0 Å². The summed E-state index contributed by atoms with van der Waals surface area (Å²) in [5.41, 5.74) is 0.606. The van der Waals surface area contributed by atoms with E-state index in [1.807, 2.05) is 0 Å². The zero-order valence-corrected chi connectivity index (χ0v) is 57.0. The van der Waals surface area contributed by atoms with E-state index in [1.165, 1.54) is 244 Å². The van der Waals surface area contributed by atoms with E-state index in [9.17, 15) is 0 Å². The van der Waals surface area contributed by atoms with Crippen LogP contribution in [0.2, 0.25) is 0 Å². The van der Waals surface area contributed by atoms with Crippen molar-refractivity contribution in [2.45, 2.75) is 295 Å². The fourth-order valence-corrected chi connectivity index (χ4v) is 17.8. The third-order valence-corrected chi connectivity index (χ3v) is 21.8. The number of guanidine groups is 4. The normalized spacial score (nSPS) is 28.0. The molecule has 4 bridgehead atoms. The fourth-order valence-electron chi connectivity index (χ4n) is 17.8. The van der Waals surface area contributed by atoms with Gasteiger partial charge in [-0.05, 0) is 151 Å². The van der Waals surface area contributed by atoms with Crippen LogP contribution in [0.1, 0.15) is 271 Å². The summed E-state index contributed by atoms with van der Waals surface area (Å²) >= 11 is 0. The predicted molar refractivity (Wildman–Crippen MR) is 371 cm³/mol. The molecule has 4 atom stereocenters. The molecule has 0 aromatic heterocycles. The molecule has 0 unspecified atom stereocenters. The average molecular weight is 1220 g/mol. The summed E-state index contributed by atoms with van der Waals surface area (Å²) in [5, 5.41) is 41.7. The SMILES string of the molecule is CCCCCCCN1C(=N)N(CCCC[C@H]2CNC(=N)N2CCC23CC4CC(CC(C4)C2)C3)C[C@@H]1CCC.CCCCCCCN1C(=N)N(CCCC[C@H]2CNC(=N)N2CCCCC2CCCCC2)C[C@@H]1CC1CCCCC1.S.S.S.S. The van der Waals surface area contributed by atoms with Gasteiger partial charge in [-0.2, -0.15) is 54.0 Å². The third-order valence-electron chi connectivity index (χ3n) is 21.8. The topological polar surface area (TPSA) is 139 Å². The minimum Gasteiger partial charge on any atom is -0.354 e. The highest BCUT2D eigenvalue weighted by molar-refractivity contribution is 7.59. The number of hydrogen-bond donors (Lipinski definition) is 6. The van der Waals surface area contributed by atoms with Gasteiger partial charge in [0.15, 0.2) is 23.8 Å². The molecular weight excluding hydrogens is 1090 g/mol. The lowest BCUT2D eigenvalue weighted by Gasteiger charge is -2.57. The summed E-state index contributed by atoms with van der Waals surface area (Å²) in [4.78, 5) is 14.5. The third kappa shape index (κ3) is 21.7. The van der Waals surface area contributed by atoms with E-state index in [-0.39, 0.29) is 54.0 Å². The van der Waals surface area contributed by atoms with E-state index in [2.05, 4.69) is 60.8 Å². The number of nitrogens with zero attached hydrogens (tertiary/aromatic N) is 6. The molecule has 6 saturated carbocycles. The summed E-state index contributed by atoms with van der Waals surface area (Å²) in [6.45, 7) is 17.2. The van der Waals surface area contributed by atoms with Crippen LogP contribution in [0.5, 0.6) is 0 Å². The zero-order chi connectivity index (χ0) is 54.5. The Balaban J connectivity index is 0.000000336. The number of hydrogen-bond acceptors (Lipinski definition) is 4. The lowest BCUT2D eigenvalue weighted by Crippen LogP contribution is -2.48. The lowest BCUT2D eigenvalue weighted by atomic mass is 9.49. The summed E-state index contributed by atoms with van der Waals surface area (Å²) in [6, 6.07) is 2.07. The first-order chi connectivity index (χ1) is 38.2. The highest BCUT2D eigenvalue weighted by atomic mass is 32.1. The van der Waals surface area contributed by atoms with Crippen molar-refractivity contribution >= 4 is 77.8 Å². The Labute approximate surface area is 532 Å². The molecular formula is C66H130N12S4. The second-order valence-corrected chi connectivity index (χ2v) is 27.9. The van der Waals surface area contributed by atoms with Crippen molar-refractivity contribution < 1.29 is 0 Å².